The Hall–Kier alpha value is -1.20. The third-order valence-corrected chi connectivity index (χ3v) is 2.49. The number of hydrogen-bond donors (Lipinski definition) is 2. The van der Waals surface area contributed by atoms with Crippen molar-refractivity contribution in [1.82, 2.24) is 20.3 Å². The lowest BCUT2D eigenvalue weighted by Gasteiger charge is -2.19. The molecule has 82 valence electrons. The Morgan fingerprint density at radius 2 is 2.53 bits per heavy atom. The standard InChI is InChI=1S/C10H17N5/c1-2-3-15-10(7-13-14-15)8-4-9(11)6-12-5-8/h4,7,9,12H,2-3,5-6,11H2,1H3. The molecule has 0 saturated carbocycles. The van der Waals surface area contributed by atoms with E-state index < -0.39 is 0 Å². The Balaban J connectivity index is 2.24. The summed E-state index contributed by atoms with van der Waals surface area (Å²) in [6.45, 7) is 4.73. The van der Waals surface area contributed by atoms with Crippen molar-refractivity contribution in [3.05, 3.63) is 18.0 Å². The molecule has 15 heavy (non-hydrogen) atoms. The van der Waals surface area contributed by atoms with Gasteiger partial charge in [-0.15, -0.1) is 5.10 Å². The number of nitrogens with zero attached hydrogens (tertiary/aromatic N) is 3. The van der Waals surface area contributed by atoms with Gasteiger partial charge in [0.15, 0.2) is 0 Å². The van der Waals surface area contributed by atoms with Gasteiger partial charge in [-0.05, 0) is 12.0 Å². The van der Waals surface area contributed by atoms with Crippen LogP contribution in [-0.2, 0) is 6.54 Å². The average molecular weight is 207 g/mol. The van der Waals surface area contributed by atoms with E-state index in [0.717, 1.165) is 31.7 Å². The van der Waals surface area contributed by atoms with Crippen molar-refractivity contribution >= 4 is 5.57 Å². The smallest absolute Gasteiger partial charge is 0.0855 e. The number of aromatic nitrogens is 3. The topological polar surface area (TPSA) is 68.8 Å². The van der Waals surface area contributed by atoms with Crippen LogP contribution in [0, 0.1) is 0 Å². The van der Waals surface area contributed by atoms with Gasteiger partial charge in [0.1, 0.15) is 0 Å². The van der Waals surface area contributed by atoms with Crippen LogP contribution in [0.25, 0.3) is 5.57 Å². The fourth-order valence-electron chi connectivity index (χ4n) is 1.81. The first-order valence-electron chi connectivity index (χ1n) is 5.37. The summed E-state index contributed by atoms with van der Waals surface area (Å²) in [4.78, 5) is 0. The van der Waals surface area contributed by atoms with Gasteiger partial charge in [-0.25, -0.2) is 4.68 Å². The molecular weight excluding hydrogens is 190 g/mol. The van der Waals surface area contributed by atoms with Crippen LogP contribution < -0.4 is 11.1 Å². The molecule has 1 aliphatic rings. The highest BCUT2D eigenvalue weighted by atomic mass is 15.4. The van der Waals surface area contributed by atoms with Crippen LogP contribution >= 0.6 is 0 Å². The van der Waals surface area contributed by atoms with E-state index in [9.17, 15) is 0 Å². The van der Waals surface area contributed by atoms with Crippen LogP contribution in [-0.4, -0.2) is 34.1 Å². The number of hydrogen-bond acceptors (Lipinski definition) is 4. The molecule has 1 aromatic rings. The van der Waals surface area contributed by atoms with Gasteiger partial charge < -0.3 is 11.1 Å². The van der Waals surface area contributed by atoms with Crippen LogP contribution in [0.4, 0.5) is 0 Å². The molecular formula is C10H17N5. The predicted octanol–water partition coefficient (Wildman–Crippen LogP) is 0.00200. The zero-order valence-electron chi connectivity index (χ0n) is 8.98. The quantitative estimate of drug-likeness (QED) is 0.732. The van der Waals surface area contributed by atoms with Gasteiger partial charge in [0.05, 0.1) is 11.9 Å². The lowest BCUT2D eigenvalue weighted by Crippen LogP contribution is -2.37. The molecule has 5 nitrogen and oxygen atoms in total. The molecule has 0 amide bonds. The zero-order chi connectivity index (χ0) is 10.7. The van der Waals surface area contributed by atoms with Gasteiger partial charge >= 0.3 is 0 Å². The molecule has 1 aliphatic heterocycles. The molecule has 0 radical (unpaired) electrons. The Morgan fingerprint density at radius 1 is 1.67 bits per heavy atom. The highest BCUT2D eigenvalue weighted by molar-refractivity contribution is 5.65. The van der Waals surface area contributed by atoms with E-state index in [1.165, 1.54) is 5.57 Å². The lowest BCUT2D eigenvalue weighted by molar-refractivity contribution is 0.568. The first kappa shape index (κ1) is 10.3. The molecule has 0 spiro atoms. The van der Waals surface area contributed by atoms with Gasteiger partial charge in [-0.2, -0.15) is 0 Å². The van der Waals surface area contributed by atoms with Crippen LogP contribution in [0.5, 0.6) is 0 Å². The fourth-order valence-corrected chi connectivity index (χ4v) is 1.81. The summed E-state index contributed by atoms with van der Waals surface area (Å²) >= 11 is 0. The number of aryl methyl sites for hydroxylation is 1. The van der Waals surface area contributed by atoms with Crippen LogP contribution in [0.2, 0.25) is 0 Å². The molecule has 5 heteroatoms. The van der Waals surface area contributed by atoms with E-state index in [4.69, 9.17) is 5.73 Å². The lowest BCUT2D eigenvalue weighted by atomic mass is 10.1. The van der Waals surface area contributed by atoms with Crippen molar-refractivity contribution in [2.24, 2.45) is 5.73 Å². The van der Waals surface area contributed by atoms with Gasteiger partial charge in [-0.3, -0.25) is 0 Å². The number of rotatable bonds is 3. The Bertz CT molecular complexity index is 354. The molecule has 0 fully saturated rings. The van der Waals surface area contributed by atoms with Crippen molar-refractivity contribution in [3.63, 3.8) is 0 Å². The number of nitrogens with two attached hydrogens (primary N) is 1. The average Bonchev–Trinajstić information content (AvgIpc) is 2.66. The van der Waals surface area contributed by atoms with E-state index >= 15 is 0 Å². The maximum absolute atomic E-state index is 5.87. The maximum atomic E-state index is 5.87. The van der Waals surface area contributed by atoms with Crippen molar-refractivity contribution < 1.29 is 0 Å². The highest BCUT2D eigenvalue weighted by Crippen LogP contribution is 2.15. The summed E-state index contributed by atoms with van der Waals surface area (Å²) in [6, 6.07) is 0.0960. The molecule has 1 aromatic heterocycles. The van der Waals surface area contributed by atoms with Crippen LogP contribution in [0.3, 0.4) is 0 Å². The second kappa shape index (κ2) is 4.55. The van der Waals surface area contributed by atoms with Gasteiger partial charge in [0, 0.05) is 25.7 Å². The minimum Gasteiger partial charge on any atom is -0.323 e. The highest BCUT2D eigenvalue weighted by Gasteiger charge is 2.14. The van der Waals surface area contributed by atoms with Gasteiger partial charge in [-0.1, -0.05) is 18.2 Å². The number of nitrogens with one attached hydrogen (secondary N) is 1. The third kappa shape index (κ3) is 2.24. The molecule has 1 unspecified atom stereocenters. The third-order valence-electron chi connectivity index (χ3n) is 2.49. The predicted molar refractivity (Wildman–Crippen MR) is 59.1 cm³/mol. The summed E-state index contributed by atoms with van der Waals surface area (Å²) in [5, 5.41) is 11.3. The molecule has 0 saturated heterocycles. The van der Waals surface area contributed by atoms with Gasteiger partial charge in [0.2, 0.25) is 0 Å². The molecule has 0 aromatic carbocycles. The van der Waals surface area contributed by atoms with E-state index in [2.05, 4.69) is 28.6 Å². The molecule has 0 bridgehead atoms. The normalized spacial score (nSPS) is 21.5. The minimum atomic E-state index is 0.0960. The Kier molecular flexibility index (Phi) is 3.13. The summed E-state index contributed by atoms with van der Waals surface area (Å²) in [6.07, 6.45) is 4.96. The van der Waals surface area contributed by atoms with Crippen LogP contribution in [0.15, 0.2) is 12.3 Å². The van der Waals surface area contributed by atoms with E-state index in [-0.39, 0.29) is 6.04 Å². The van der Waals surface area contributed by atoms with Crippen molar-refractivity contribution in [2.45, 2.75) is 25.9 Å². The molecule has 2 heterocycles. The largest absolute Gasteiger partial charge is 0.323 e. The van der Waals surface area contributed by atoms with Crippen LogP contribution in [0.1, 0.15) is 19.0 Å². The van der Waals surface area contributed by atoms with E-state index in [1.54, 1.807) is 6.20 Å². The second-order valence-electron chi connectivity index (χ2n) is 3.83. The first-order valence-corrected chi connectivity index (χ1v) is 5.37. The Labute approximate surface area is 89.3 Å². The minimum absolute atomic E-state index is 0.0960. The fraction of sp³-hybridized carbons (Fsp3) is 0.600. The summed E-state index contributed by atoms with van der Waals surface area (Å²) in [7, 11) is 0. The second-order valence-corrected chi connectivity index (χ2v) is 3.83. The van der Waals surface area contributed by atoms with Gasteiger partial charge in [0.25, 0.3) is 0 Å². The van der Waals surface area contributed by atoms with Crippen molar-refractivity contribution in [2.75, 3.05) is 13.1 Å². The summed E-state index contributed by atoms with van der Waals surface area (Å²) in [5.74, 6) is 0. The molecule has 1 atom stereocenters. The van der Waals surface area contributed by atoms with Crippen molar-refractivity contribution in [3.8, 4) is 0 Å². The zero-order valence-corrected chi connectivity index (χ0v) is 8.98. The van der Waals surface area contributed by atoms with E-state index in [0.29, 0.717) is 0 Å². The first-order chi connectivity index (χ1) is 7.31. The van der Waals surface area contributed by atoms with E-state index in [1.807, 2.05) is 4.68 Å². The molecule has 2 rings (SSSR count). The van der Waals surface area contributed by atoms with Crippen molar-refractivity contribution in [1.29, 1.82) is 0 Å². The maximum Gasteiger partial charge on any atom is 0.0855 e. The monoisotopic (exact) mass is 207 g/mol. The molecule has 3 N–H and O–H groups in total. The SMILES string of the molecule is CCCn1nncc1C1=CC(N)CNC1. The Morgan fingerprint density at radius 3 is 3.27 bits per heavy atom. The summed E-state index contributed by atoms with van der Waals surface area (Å²) in [5.41, 5.74) is 8.15. The summed E-state index contributed by atoms with van der Waals surface area (Å²) < 4.78 is 1.94. The molecule has 0 aliphatic carbocycles.